The first-order chi connectivity index (χ1) is 35.0. The number of aliphatic hydroxyl groups excluding tert-OH is 2. The second kappa shape index (κ2) is 60.9. The molecule has 0 aromatic carbocycles. The molecular weight excluding hydrogens is 875 g/mol. The van der Waals surface area contributed by atoms with Crippen LogP contribution in [-0.2, 0) is 14.3 Å². The maximum atomic E-state index is 12.5. The third-order valence-corrected chi connectivity index (χ3v) is 15.0. The number of rotatable bonds is 60. The molecule has 71 heavy (non-hydrogen) atoms. The number of esters is 1. The SMILES string of the molecule is CCCCC/C=C\CCCCCCCC(=O)OCCCCCCCCCCCCCC/C=C\CCCCCCCCCCCCCCCC(=O)NC(CO)C(O)CCCCCCCCCCCCCCC. The smallest absolute Gasteiger partial charge is 0.305 e. The number of amides is 1. The highest BCUT2D eigenvalue weighted by Crippen LogP contribution is 2.18. The van der Waals surface area contributed by atoms with Crippen molar-refractivity contribution in [3.8, 4) is 0 Å². The largest absolute Gasteiger partial charge is 0.466 e. The van der Waals surface area contributed by atoms with Gasteiger partial charge in [0.1, 0.15) is 0 Å². The van der Waals surface area contributed by atoms with Crippen LogP contribution in [0.2, 0.25) is 0 Å². The number of unbranched alkanes of at least 4 members (excludes halogenated alkanes) is 45. The Morgan fingerprint density at radius 2 is 0.662 bits per heavy atom. The first kappa shape index (κ1) is 69.3. The highest BCUT2D eigenvalue weighted by molar-refractivity contribution is 5.76. The molecule has 6 nitrogen and oxygen atoms in total. The van der Waals surface area contributed by atoms with Crippen molar-refractivity contribution in [3.05, 3.63) is 24.3 Å². The van der Waals surface area contributed by atoms with Gasteiger partial charge in [0.2, 0.25) is 5.91 Å². The van der Waals surface area contributed by atoms with E-state index in [4.69, 9.17) is 4.74 Å². The lowest BCUT2D eigenvalue weighted by molar-refractivity contribution is -0.143. The minimum Gasteiger partial charge on any atom is -0.466 e. The standard InChI is InChI=1S/C65H125NO5/c1-3-5-7-9-11-13-15-34-37-41-45-49-53-57-63(68)62(61-67)66-64(69)58-54-50-46-42-38-35-32-30-28-26-24-22-20-18-17-19-21-23-25-27-29-31-33-36-40-44-48-52-56-60-71-65(70)59-55-51-47-43-39-16-14-12-10-8-6-4-2/h12,14,17,19,62-63,67-68H,3-11,13,15-16,18,20-61H2,1-2H3,(H,66,69)/b14-12-,19-17-. The van der Waals surface area contributed by atoms with Crippen LogP contribution in [0.3, 0.4) is 0 Å². The van der Waals surface area contributed by atoms with E-state index in [1.807, 2.05) is 0 Å². The van der Waals surface area contributed by atoms with Gasteiger partial charge in [-0.15, -0.1) is 0 Å². The average molecular weight is 1000 g/mol. The summed E-state index contributed by atoms with van der Waals surface area (Å²) in [7, 11) is 0. The van der Waals surface area contributed by atoms with Gasteiger partial charge in [-0.3, -0.25) is 9.59 Å². The number of aliphatic hydroxyl groups is 2. The summed E-state index contributed by atoms with van der Waals surface area (Å²) >= 11 is 0. The average Bonchev–Trinajstić information content (AvgIpc) is 3.37. The minimum absolute atomic E-state index is 0.00659. The number of nitrogens with one attached hydrogen (secondary N) is 1. The Balaban J connectivity index is 3.36. The van der Waals surface area contributed by atoms with Crippen molar-refractivity contribution in [3.63, 3.8) is 0 Å². The number of hydrogen-bond acceptors (Lipinski definition) is 5. The summed E-state index contributed by atoms with van der Waals surface area (Å²) in [4.78, 5) is 24.5. The molecule has 0 aliphatic carbocycles. The summed E-state index contributed by atoms with van der Waals surface area (Å²) in [6.07, 6.45) is 74.9. The van der Waals surface area contributed by atoms with Gasteiger partial charge in [0, 0.05) is 12.8 Å². The fourth-order valence-electron chi connectivity index (χ4n) is 10.0. The van der Waals surface area contributed by atoms with E-state index in [0.717, 1.165) is 44.9 Å². The van der Waals surface area contributed by atoms with Crippen molar-refractivity contribution < 1.29 is 24.5 Å². The summed E-state index contributed by atoms with van der Waals surface area (Å²) in [6, 6.07) is -0.540. The molecule has 0 saturated heterocycles. The molecule has 2 unspecified atom stereocenters. The van der Waals surface area contributed by atoms with Gasteiger partial charge in [0.25, 0.3) is 0 Å². The van der Waals surface area contributed by atoms with Crippen LogP contribution in [-0.4, -0.2) is 47.4 Å². The molecule has 0 rings (SSSR count). The van der Waals surface area contributed by atoms with Gasteiger partial charge < -0.3 is 20.3 Å². The molecule has 1 amide bonds. The molecule has 0 aromatic rings. The second-order valence-electron chi connectivity index (χ2n) is 22.1. The van der Waals surface area contributed by atoms with E-state index < -0.39 is 12.1 Å². The van der Waals surface area contributed by atoms with Crippen molar-refractivity contribution >= 4 is 11.9 Å². The van der Waals surface area contributed by atoms with E-state index in [1.165, 1.54) is 276 Å². The van der Waals surface area contributed by atoms with Crippen molar-refractivity contribution in [2.75, 3.05) is 13.2 Å². The zero-order valence-electron chi connectivity index (χ0n) is 48.0. The third kappa shape index (κ3) is 57.5. The molecule has 0 fully saturated rings. The summed E-state index contributed by atoms with van der Waals surface area (Å²) in [6.45, 7) is 4.94. The second-order valence-corrected chi connectivity index (χ2v) is 22.1. The Labute approximate surface area is 443 Å². The molecule has 0 aliphatic heterocycles. The number of allylic oxidation sites excluding steroid dienone is 4. The maximum absolute atomic E-state index is 12.5. The van der Waals surface area contributed by atoms with Crippen molar-refractivity contribution in [2.45, 2.75) is 366 Å². The molecule has 3 N–H and O–H groups in total. The number of carbonyl (C=O) groups is 2. The first-order valence-corrected chi connectivity index (χ1v) is 32.1. The molecule has 0 bridgehead atoms. The molecule has 2 atom stereocenters. The molecule has 0 spiro atoms. The predicted octanol–water partition coefficient (Wildman–Crippen LogP) is 20.2. The Bertz CT molecular complexity index is 1110. The topological polar surface area (TPSA) is 95.9 Å². The van der Waals surface area contributed by atoms with Crippen LogP contribution in [0.25, 0.3) is 0 Å². The van der Waals surface area contributed by atoms with Crippen LogP contribution in [0.5, 0.6) is 0 Å². The van der Waals surface area contributed by atoms with Crippen LogP contribution in [0.4, 0.5) is 0 Å². The number of ether oxygens (including phenoxy) is 1. The Hall–Kier alpha value is -1.66. The Morgan fingerprint density at radius 1 is 0.380 bits per heavy atom. The summed E-state index contributed by atoms with van der Waals surface area (Å²) in [5, 5.41) is 23.3. The fraction of sp³-hybridized carbons (Fsp3) is 0.908. The van der Waals surface area contributed by atoms with Crippen molar-refractivity contribution in [2.24, 2.45) is 0 Å². The quantitative estimate of drug-likeness (QED) is 0.0320. The van der Waals surface area contributed by atoms with Crippen LogP contribution >= 0.6 is 0 Å². The van der Waals surface area contributed by atoms with Crippen LogP contribution < -0.4 is 5.32 Å². The lowest BCUT2D eigenvalue weighted by Crippen LogP contribution is -2.45. The van der Waals surface area contributed by atoms with Gasteiger partial charge >= 0.3 is 5.97 Å². The highest BCUT2D eigenvalue weighted by Gasteiger charge is 2.20. The summed E-state index contributed by atoms with van der Waals surface area (Å²) < 4.78 is 5.47. The summed E-state index contributed by atoms with van der Waals surface area (Å²) in [5.41, 5.74) is 0. The van der Waals surface area contributed by atoms with Crippen molar-refractivity contribution in [1.29, 1.82) is 0 Å². The molecule has 6 heteroatoms. The van der Waals surface area contributed by atoms with E-state index in [9.17, 15) is 19.8 Å². The van der Waals surface area contributed by atoms with E-state index >= 15 is 0 Å². The lowest BCUT2D eigenvalue weighted by Gasteiger charge is -2.22. The van der Waals surface area contributed by atoms with Gasteiger partial charge in [-0.1, -0.05) is 289 Å². The minimum atomic E-state index is -0.662. The molecule has 0 aliphatic rings. The monoisotopic (exact) mass is 1000 g/mol. The fourth-order valence-corrected chi connectivity index (χ4v) is 10.0. The van der Waals surface area contributed by atoms with E-state index in [-0.39, 0.29) is 18.5 Å². The maximum Gasteiger partial charge on any atom is 0.305 e. The predicted molar refractivity (Wildman–Crippen MR) is 310 cm³/mol. The molecule has 0 aromatic heterocycles. The van der Waals surface area contributed by atoms with E-state index in [0.29, 0.717) is 25.9 Å². The van der Waals surface area contributed by atoms with E-state index in [1.54, 1.807) is 0 Å². The Morgan fingerprint density at radius 3 is 1.03 bits per heavy atom. The third-order valence-electron chi connectivity index (χ3n) is 15.0. The number of carbonyl (C=O) groups excluding carboxylic acids is 2. The Kier molecular flexibility index (Phi) is 59.5. The zero-order valence-corrected chi connectivity index (χ0v) is 48.0. The molecule has 420 valence electrons. The molecule has 0 radical (unpaired) electrons. The lowest BCUT2D eigenvalue weighted by atomic mass is 10.0. The van der Waals surface area contributed by atoms with Gasteiger partial charge in [0.15, 0.2) is 0 Å². The number of hydrogen-bond donors (Lipinski definition) is 3. The molecule has 0 heterocycles. The van der Waals surface area contributed by atoms with Gasteiger partial charge in [-0.25, -0.2) is 0 Å². The molecular formula is C65H125NO5. The normalized spacial score (nSPS) is 12.7. The van der Waals surface area contributed by atoms with Gasteiger partial charge in [0.05, 0.1) is 25.4 Å². The first-order valence-electron chi connectivity index (χ1n) is 32.1. The van der Waals surface area contributed by atoms with E-state index in [2.05, 4.69) is 43.5 Å². The molecule has 0 saturated carbocycles. The zero-order chi connectivity index (χ0) is 51.4. The van der Waals surface area contributed by atoms with Gasteiger partial charge in [-0.05, 0) is 77.0 Å². The van der Waals surface area contributed by atoms with Crippen LogP contribution in [0.15, 0.2) is 24.3 Å². The van der Waals surface area contributed by atoms with Gasteiger partial charge in [-0.2, -0.15) is 0 Å². The summed E-state index contributed by atoms with van der Waals surface area (Å²) in [5.74, 6) is -0.0262. The van der Waals surface area contributed by atoms with Crippen LogP contribution in [0, 0.1) is 0 Å². The van der Waals surface area contributed by atoms with Crippen molar-refractivity contribution in [1.82, 2.24) is 5.32 Å². The highest BCUT2D eigenvalue weighted by atomic mass is 16.5. The van der Waals surface area contributed by atoms with Crippen LogP contribution in [0.1, 0.15) is 354 Å².